The van der Waals surface area contributed by atoms with Crippen LogP contribution < -0.4 is 5.32 Å². The zero-order valence-corrected chi connectivity index (χ0v) is 17.9. The standard InChI is InChI=1S/C20H24F6N2O3S/c21-19(22,23)13-8-14(20(24,25)26)10-15(9-13)27-11-18(29)28(16-4-2-1-3-5-16)17-6-7-32(30,31)12-17/h8-10,16-17,27H,1-7,11-12H2. The van der Waals surface area contributed by atoms with Crippen molar-refractivity contribution in [3.8, 4) is 0 Å². The summed E-state index contributed by atoms with van der Waals surface area (Å²) in [4.78, 5) is 14.5. The summed E-state index contributed by atoms with van der Waals surface area (Å²) in [6.45, 7) is -0.536. The quantitative estimate of drug-likeness (QED) is 0.624. The van der Waals surface area contributed by atoms with Crippen LogP contribution in [-0.2, 0) is 27.0 Å². The number of amides is 1. The molecule has 1 aliphatic heterocycles. The number of sulfone groups is 1. The number of hydrogen-bond donors (Lipinski definition) is 1. The van der Waals surface area contributed by atoms with Crippen molar-refractivity contribution in [1.82, 2.24) is 4.90 Å². The van der Waals surface area contributed by atoms with Crippen LogP contribution in [0, 0.1) is 0 Å². The fraction of sp³-hybridized carbons (Fsp3) is 0.650. The molecule has 2 aliphatic rings. The fourth-order valence-corrected chi connectivity index (χ4v) is 6.10. The lowest BCUT2D eigenvalue weighted by molar-refractivity contribution is -0.143. The number of nitrogens with zero attached hydrogens (tertiary/aromatic N) is 1. The maximum Gasteiger partial charge on any atom is 0.416 e. The van der Waals surface area contributed by atoms with E-state index in [9.17, 15) is 39.6 Å². The van der Waals surface area contributed by atoms with Gasteiger partial charge in [-0.25, -0.2) is 8.42 Å². The summed E-state index contributed by atoms with van der Waals surface area (Å²) in [5, 5.41) is 2.39. The van der Waals surface area contributed by atoms with Gasteiger partial charge in [0, 0.05) is 17.8 Å². The van der Waals surface area contributed by atoms with Gasteiger partial charge in [-0.3, -0.25) is 4.79 Å². The average molecular weight is 486 g/mol. The van der Waals surface area contributed by atoms with E-state index in [1.54, 1.807) is 0 Å². The van der Waals surface area contributed by atoms with Gasteiger partial charge in [0.05, 0.1) is 29.2 Å². The second kappa shape index (κ2) is 9.11. The molecule has 1 saturated heterocycles. The lowest BCUT2D eigenvalue weighted by Crippen LogP contribution is -2.50. The molecule has 32 heavy (non-hydrogen) atoms. The number of carbonyl (C=O) groups is 1. The van der Waals surface area contributed by atoms with Crippen molar-refractivity contribution in [3.05, 3.63) is 29.3 Å². The Balaban J connectivity index is 1.81. The van der Waals surface area contributed by atoms with E-state index >= 15 is 0 Å². The SMILES string of the molecule is O=C(CNc1cc(C(F)(F)F)cc(C(F)(F)F)c1)N(C1CCCCC1)C1CCS(=O)(=O)C1. The highest BCUT2D eigenvalue weighted by Crippen LogP contribution is 2.37. The Morgan fingerprint density at radius 1 is 0.906 bits per heavy atom. The van der Waals surface area contributed by atoms with Crippen LogP contribution in [0.2, 0.25) is 0 Å². The summed E-state index contributed by atoms with van der Waals surface area (Å²) in [6.07, 6.45) is -5.62. The molecule has 0 spiro atoms. The summed E-state index contributed by atoms with van der Waals surface area (Å²) in [5.41, 5.74) is -3.44. The fourth-order valence-electron chi connectivity index (χ4n) is 4.39. The second-order valence-corrected chi connectivity index (χ2v) is 10.5. The number of halogens is 6. The van der Waals surface area contributed by atoms with Crippen molar-refractivity contribution in [2.45, 2.75) is 63.0 Å². The molecule has 5 nitrogen and oxygen atoms in total. The number of benzene rings is 1. The van der Waals surface area contributed by atoms with Crippen LogP contribution in [0.5, 0.6) is 0 Å². The van der Waals surface area contributed by atoms with Crippen LogP contribution in [0.15, 0.2) is 18.2 Å². The minimum Gasteiger partial charge on any atom is -0.376 e. The zero-order valence-electron chi connectivity index (χ0n) is 17.1. The lowest BCUT2D eigenvalue weighted by Gasteiger charge is -2.38. The van der Waals surface area contributed by atoms with E-state index in [0.29, 0.717) is 25.0 Å². The Morgan fingerprint density at radius 2 is 1.47 bits per heavy atom. The molecule has 1 aliphatic carbocycles. The first-order valence-electron chi connectivity index (χ1n) is 10.3. The van der Waals surface area contributed by atoms with Crippen molar-refractivity contribution in [3.63, 3.8) is 0 Å². The average Bonchev–Trinajstić information content (AvgIpc) is 3.05. The molecule has 2 fully saturated rings. The van der Waals surface area contributed by atoms with Gasteiger partial charge in [0.25, 0.3) is 0 Å². The number of rotatable bonds is 5. The first kappa shape index (κ1) is 24.7. The molecule has 3 rings (SSSR count). The third kappa shape index (κ3) is 6.08. The predicted molar refractivity (Wildman–Crippen MR) is 106 cm³/mol. The molecule has 0 bridgehead atoms. The number of alkyl halides is 6. The number of anilines is 1. The molecular weight excluding hydrogens is 462 g/mol. The zero-order chi connectivity index (χ0) is 23.7. The van der Waals surface area contributed by atoms with Crippen molar-refractivity contribution >= 4 is 21.4 Å². The summed E-state index contributed by atoms with van der Waals surface area (Å²) in [7, 11) is -3.29. The molecule has 180 valence electrons. The van der Waals surface area contributed by atoms with E-state index in [-0.39, 0.29) is 30.0 Å². The molecule has 1 aromatic rings. The Kier molecular flexibility index (Phi) is 7.02. The van der Waals surface area contributed by atoms with Crippen molar-refractivity contribution in [1.29, 1.82) is 0 Å². The molecule has 1 aromatic carbocycles. The molecule has 1 atom stereocenters. The molecular formula is C20H24F6N2O3S. The smallest absolute Gasteiger partial charge is 0.376 e. The summed E-state index contributed by atoms with van der Waals surface area (Å²) in [6, 6.07) is 0.333. The van der Waals surface area contributed by atoms with Crippen LogP contribution in [0.3, 0.4) is 0 Å². The topological polar surface area (TPSA) is 66.5 Å². The van der Waals surface area contributed by atoms with Gasteiger partial charge in [-0.15, -0.1) is 0 Å². The van der Waals surface area contributed by atoms with Gasteiger partial charge < -0.3 is 10.2 Å². The van der Waals surface area contributed by atoms with Crippen LogP contribution in [0.1, 0.15) is 49.7 Å². The summed E-state index contributed by atoms with van der Waals surface area (Å²) >= 11 is 0. The molecule has 0 radical (unpaired) electrons. The van der Waals surface area contributed by atoms with Crippen molar-refractivity contribution in [2.24, 2.45) is 0 Å². The van der Waals surface area contributed by atoms with Gasteiger partial charge >= 0.3 is 12.4 Å². The molecule has 1 amide bonds. The Hall–Kier alpha value is -1.98. The third-order valence-corrected chi connectivity index (χ3v) is 7.64. The van der Waals surface area contributed by atoms with Crippen LogP contribution in [0.25, 0.3) is 0 Å². The first-order valence-corrected chi connectivity index (χ1v) is 12.1. The first-order chi connectivity index (χ1) is 14.8. The Bertz CT molecular complexity index is 907. The summed E-state index contributed by atoms with van der Waals surface area (Å²) in [5.74, 6) is -0.772. The number of nitrogens with one attached hydrogen (secondary N) is 1. The van der Waals surface area contributed by atoms with Gasteiger partial charge in [-0.05, 0) is 37.5 Å². The lowest BCUT2D eigenvalue weighted by atomic mass is 9.93. The molecule has 1 N–H and O–H groups in total. The predicted octanol–water partition coefficient (Wildman–Crippen LogP) is 4.48. The number of carbonyl (C=O) groups excluding carboxylic acids is 1. The highest BCUT2D eigenvalue weighted by Gasteiger charge is 2.39. The van der Waals surface area contributed by atoms with Crippen LogP contribution in [0.4, 0.5) is 32.0 Å². The van der Waals surface area contributed by atoms with E-state index in [1.165, 1.54) is 4.90 Å². The normalized spacial score (nSPS) is 22.0. The molecule has 1 heterocycles. The van der Waals surface area contributed by atoms with Crippen LogP contribution in [-0.4, -0.2) is 49.4 Å². The second-order valence-electron chi connectivity index (χ2n) is 8.30. The maximum atomic E-state index is 13.1. The highest BCUT2D eigenvalue weighted by molar-refractivity contribution is 7.91. The molecule has 12 heteroatoms. The van der Waals surface area contributed by atoms with Gasteiger partial charge in [0.2, 0.25) is 5.91 Å². The van der Waals surface area contributed by atoms with Gasteiger partial charge in [-0.1, -0.05) is 19.3 Å². The Labute approximate surface area is 182 Å². The van der Waals surface area contributed by atoms with E-state index in [4.69, 9.17) is 0 Å². The maximum absolute atomic E-state index is 13.1. The van der Waals surface area contributed by atoms with E-state index in [0.717, 1.165) is 19.3 Å². The van der Waals surface area contributed by atoms with E-state index in [2.05, 4.69) is 5.32 Å². The number of hydrogen-bond acceptors (Lipinski definition) is 4. The van der Waals surface area contributed by atoms with Crippen molar-refractivity contribution in [2.75, 3.05) is 23.4 Å². The van der Waals surface area contributed by atoms with Gasteiger partial charge in [-0.2, -0.15) is 26.3 Å². The molecule has 0 aromatic heterocycles. The largest absolute Gasteiger partial charge is 0.416 e. The van der Waals surface area contributed by atoms with E-state index < -0.39 is 57.5 Å². The summed E-state index contributed by atoms with van der Waals surface area (Å²) < 4.78 is 102. The monoisotopic (exact) mass is 486 g/mol. The minimum atomic E-state index is -4.99. The molecule has 1 unspecified atom stereocenters. The van der Waals surface area contributed by atoms with E-state index in [1.807, 2.05) is 0 Å². The third-order valence-electron chi connectivity index (χ3n) is 5.89. The Morgan fingerprint density at radius 3 is 1.94 bits per heavy atom. The van der Waals surface area contributed by atoms with Crippen molar-refractivity contribution < 1.29 is 39.6 Å². The van der Waals surface area contributed by atoms with Gasteiger partial charge in [0.1, 0.15) is 0 Å². The van der Waals surface area contributed by atoms with Crippen LogP contribution >= 0.6 is 0 Å². The van der Waals surface area contributed by atoms with Gasteiger partial charge in [0.15, 0.2) is 9.84 Å². The highest BCUT2D eigenvalue weighted by atomic mass is 32.2. The molecule has 1 saturated carbocycles. The minimum absolute atomic E-state index is 0.0186.